The molecular formula is C39H67N3O32S. The topological polar surface area (TPSA) is 565 Å². The van der Waals surface area contributed by atoms with Crippen LogP contribution in [-0.2, 0) is 71.7 Å². The van der Waals surface area contributed by atoms with E-state index in [1.807, 2.05) is 0 Å². The molecular weight excluding hydrogens is 1050 g/mol. The summed E-state index contributed by atoms with van der Waals surface area (Å²) in [5, 5.41) is 178. The molecule has 0 unspecified atom stereocenters. The molecule has 0 aromatic rings. The molecule has 0 aromatic carbocycles. The third-order valence-electron chi connectivity index (χ3n) is 12.4. The molecule has 4 heterocycles. The van der Waals surface area contributed by atoms with Crippen molar-refractivity contribution >= 4 is 34.1 Å². The largest absolute Gasteiger partial charge is 0.477 e. The number of hydrogen-bond donors (Lipinski definition) is 20. The van der Waals surface area contributed by atoms with Crippen LogP contribution in [-0.4, -0.2) is 311 Å². The summed E-state index contributed by atoms with van der Waals surface area (Å²) in [7, 11) is -5.32. The first-order valence-corrected chi connectivity index (χ1v) is 24.2. The smallest absolute Gasteiger partial charge is 0.397 e. The first-order valence-electron chi connectivity index (χ1n) is 22.8. The van der Waals surface area contributed by atoms with Gasteiger partial charge in [-0.05, 0) is 0 Å². The van der Waals surface area contributed by atoms with Gasteiger partial charge in [-0.15, -0.1) is 0 Å². The molecule has 0 saturated carbocycles. The first kappa shape index (κ1) is 64.4. The molecule has 0 bridgehead atoms. The maximum atomic E-state index is 13.0. The zero-order chi connectivity index (χ0) is 56.6. The van der Waals surface area contributed by atoms with Crippen LogP contribution in [0.2, 0.25) is 0 Å². The molecule has 4 aliphatic rings. The zero-order valence-corrected chi connectivity index (χ0v) is 40.8. The van der Waals surface area contributed by atoms with E-state index in [1.54, 1.807) is 0 Å². The summed E-state index contributed by atoms with van der Waals surface area (Å²) >= 11 is 0. The molecule has 36 heteroatoms. The Balaban J connectivity index is 1.70. The zero-order valence-electron chi connectivity index (χ0n) is 39.9. The van der Waals surface area contributed by atoms with Crippen LogP contribution in [0.1, 0.15) is 27.2 Å². The second-order valence-corrected chi connectivity index (χ2v) is 19.0. The fourth-order valence-corrected chi connectivity index (χ4v) is 8.98. The van der Waals surface area contributed by atoms with Crippen molar-refractivity contribution in [1.82, 2.24) is 16.0 Å². The van der Waals surface area contributed by atoms with E-state index in [9.17, 15) is 114 Å². The van der Waals surface area contributed by atoms with Gasteiger partial charge in [-0.3, -0.25) is 18.9 Å². The van der Waals surface area contributed by atoms with Gasteiger partial charge in [0.1, 0.15) is 110 Å². The Kier molecular flexibility index (Phi) is 23.7. The van der Waals surface area contributed by atoms with Gasteiger partial charge in [-0.25, -0.2) is 8.98 Å². The highest BCUT2D eigenvalue weighted by Gasteiger charge is 2.61. The van der Waals surface area contributed by atoms with Crippen LogP contribution in [0.3, 0.4) is 0 Å². The lowest BCUT2D eigenvalue weighted by Crippen LogP contribution is -2.71. The molecule has 4 rings (SSSR count). The lowest BCUT2D eigenvalue weighted by atomic mass is 9.88. The van der Waals surface area contributed by atoms with Gasteiger partial charge in [-0.2, -0.15) is 8.42 Å². The number of carbonyl (C=O) groups is 4. The van der Waals surface area contributed by atoms with Crippen LogP contribution in [0.15, 0.2) is 0 Å². The molecule has 4 aliphatic heterocycles. The number of aliphatic hydroxyl groups is 15. The van der Waals surface area contributed by atoms with E-state index in [4.69, 9.17) is 37.9 Å². The van der Waals surface area contributed by atoms with Crippen LogP contribution < -0.4 is 16.0 Å². The summed E-state index contributed by atoms with van der Waals surface area (Å²) in [5.74, 6) is -7.99. The van der Waals surface area contributed by atoms with E-state index in [-0.39, 0.29) is 0 Å². The standard InChI is InChI=1S/C39H67N3O32S/c1-11(48)40-14(5-43)30(23(54)16(52)6-44)70-36-28(59)33(26(57)20(69-36)10-66-75(63,64)65)72-35-22(42-13(3)50)27(58)31(19(9-47)68-35)71-37-29(60)34(25(56)18(8-46)67-37)74-39(38(61)62)4-15(51)21(41-12(2)49)32(73-39)24(55)17(53)7-45/h14-37,43-47,51-60H,4-10H2,1-3H3,(H,40,48)(H,41,49)(H,42,50)(H,61,62)(H,63,64,65)/t14-,15-,16+,17+,18+,19+,20+,21+,22+,23-,24+,25-,26-,27+,28+,29+,30+,31+,32+,33-,34-,35-,36-,37-,39-/m0/s1. The maximum Gasteiger partial charge on any atom is 0.397 e. The third-order valence-corrected chi connectivity index (χ3v) is 12.8. The maximum absolute atomic E-state index is 13.0. The number of carboxylic acid groups (broad SMARTS) is 1. The Hall–Kier alpha value is -3.17. The highest BCUT2D eigenvalue weighted by atomic mass is 32.3. The van der Waals surface area contributed by atoms with Crippen molar-refractivity contribution in [2.45, 2.75) is 180 Å². The van der Waals surface area contributed by atoms with Crippen LogP contribution in [0.4, 0.5) is 0 Å². The van der Waals surface area contributed by atoms with E-state index in [0.29, 0.717) is 0 Å². The first-order chi connectivity index (χ1) is 35.0. The number of amides is 3. The second-order valence-electron chi connectivity index (χ2n) is 17.9. The van der Waals surface area contributed by atoms with E-state index in [1.165, 1.54) is 0 Å². The van der Waals surface area contributed by atoms with Crippen molar-refractivity contribution in [3.63, 3.8) is 0 Å². The molecule has 0 aromatic heterocycles. The Labute approximate surface area is 424 Å². The molecule has 436 valence electrons. The van der Waals surface area contributed by atoms with Gasteiger partial charge < -0.3 is 136 Å². The summed E-state index contributed by atoms with van der Waals surface area (Å²) in [4.78, 5) is 49.6. The molecule has 20 N–H and O–H groups in total. The van der Waals surface area contributed by atoms with E-state index in [0.717, 1.165) is 20.8 Å². The minimum atomic E-state index is -5.32. The van der Waals surface area contributed by atoms with Gasteiger partial charge in [-0.1, -0.05) is 0 Å². The van der Waals surface area contributed by atoms with E-state index >= 15 is 0 Å². The predicted molar refractivity (Wildman–Crippen MR) is 231 cm³/mol. The number of ether oxygens (including phenoxy) is 8. The molecule has 4 saturated heterocycles. The second kappa shape index (κ2) is 27.6. The highest BCUT2D eigenvalue weighted by Crippen LogP contribution is 2.39. The lowest BCUT2D eigenvalue weighted by Gasteiger charge is -2.51. The molecule has 0 aliphatic carbocycles. The predicted octanol–water partition coefficient (Wildman–Crippen LogP) is -12.8. The number of carboxylic acids is 1. The van der Waals surface area contributed by atoms with Crippen molar-refractivity contribution in [3.05, 3.63) is 0 Å². The quantitative estimate of drug-likeness (QED) is 0.0378. The van der Waals surface area contributed by atoms with E-state index < -0.39 is 233 Å². The summed E-state index contributed by atoms with van der Waals surface area (Å²) in [6.07, 6.45) is -46.9. The SMILES string of the molecule is CC(=O)N[C@H]1[C@H](O[C@H]2[C@@H](O)[C@@H](COS(=O)(=O)O)O[C@@H](O[C@@H]([C@@H](O)[C@H](O)CO)[C@H](CO)NC(C)=O)[C@@H]2O)O[C@H](CO)[C@@H](O[C@@H]2O[C@H](CO)[C@H](O)[C@H](O[C@]3(C(=O)O)C[C@H](O)[C@@H](NC(C)=O)[C@H]([C@H](O)[C@H](O)CO)O3)[C@H]2O)[C@@H]1O. The van der Waals surface area contributed by atoms with Gasteiger partial charge in [0, 0.05) is 27.2 Å². The summed E-state index contributed by atoms with van der Waals surface area (Å²) in [6.45, 7) is -4.17. The van der Waals surface area contributed by atoms with Crippen LogP contribution in [0.25, 0.3) is 0 Å². The summed E-state index contributed by atoms with van der Waals surface area (Å²) in [5.41, 5.74) is 0. The van der Waals surface area contributed by atoms with Crippen LogP contribution >= 0.6 is 0 Å². The molecule has 0 radical (unpaired) electrons. The fourth-order valence-electron chi connectivity index (χ4n) is 8.68. The number of rotatable bonds is 25. The number of hydrogen-bond acceptors (Lipinski definition) is 30. The monoisotopic (exact) mass is 1120 g/mol. The number of carbonyl (C=O) groups excluding carboxylic acids is 3. The summed E-state index contributed by atoms with van der Waals surface area (Å²) < 4.78 is 82.2. The van der Waals surface area contributed by atoms with Crippen LogP contribution in [0, 0.1) is 0 Å². The van der Waals surface area contributed by atoms with Crippen molar-refractivity contribution in [2.75, 3.05) is 39.6 Å². The number of aliphatic carboxylic acids is 1. The Morgan fingerprint density at radius 1 is 0.653 bits per heavy atom. The van der Waals surface area contributed by atoms with Crippen molar-refractivity contribution in [2.24, 2.45) is 0 Å². The van der Waals surface area contributed by atoms with Crippen molar-refractivity contribution in [1.29, 1.82) is 0 Å². The average molecular weight is 1120 g/mol. The van der Waals surface area contributed by atoms with Gasteiger partial charge in [0.2, 0.25) is 17.7 Å². The molecule has 4 fully saturated rings. The minimum absolute atomic E-state index is 0.840. The van der Waals surface area contributed by atoms with Gasteiger partial charge >= 0.3 is 16.4 Å². The highest BCUT2D eigenvalue weighted by molar-refractivity contribution is 7.80. The Morgan fingerprint density at radius 2 is 1.19 bits per heavy atom. The molecule has 35 nitrogen and oxygen atoms in total. The molecule has 3 amide bonds. The minimum Gasteiger partial charge on any atom is -0.477 e. The average Bonchev–Trinajstić information content (AvgIpc) is 3.34. The number of nitrogens with one attached hydrogen (secondary N) is 3. The van der Waals surface area contributed by atoms with Crippen molar-refractivity contribution < 1.29 is 156 Å². The normalized spacial score (nSPS) is 39.0. The fraction of sp³-hybridized carbons (Fsp3) is 0.897. The van der Waals surface area contributed by atoms with Crippen molar-refractivity contribution in [3.8, 4) is 0 Å². The molecule has 0 spiro atoms. The molecule has 25 atom stereocenters. The molecule has 75 heavy (non-hydrogen) atoms. The van der Waals surface area contributed by atoms with Gasteiger partial charge in [0.15, 0.2) is 18.9 Å². The summed E-state index contributed by atoms with van der Waals surface area (Å²) in [6, 6.07) is -5.33. The Morgan fingerprint density at radius 3 is 1.71 bits per heavy atom. The third kappa shape index (κ3) is 15.8. The number of aliphatic hydroxyl groups excluding tert-OH is 15. The van der Waals surface area contributed by atoms with Gasteiger partial charge in [0.05, 0.1) is 57.8 Å². The van der Waals surface area contributed by atoms with Crippen LogP contribution in [0.5, 0.6) is 0 Å². The Bertz CT molecular complexity index is 1980. The van der Waals surface area contributed by atoms with Gasteiger partial charge in [0.25, 0.3) is 5.79 Å². The lowest BCUT2D eigenvalue weighted by molar-refractivity contribution is -0.388. The van der Waals surface area contributed by atoms with E-state index in [2.05, 4.69) is 20.1 Å².